The van der Waals surface area contributed by atoms with Crippen LogP contribution in [0.4, 0.5) is 5.69 Å². The number of aromatic nitrogens is 4. The van der Waals surface area contributed by atoms with Gasteiger partial charge < -0.3 is 10.1 Å². The van der Waals surface area contributed by atoms with Gasteiger partial charge in [-0.15, -0.1) is 10.2 Å². The summed E-state index contributed by atoms with van der Waals surface area (Å²) in [4.78, 5) is 13.7. The normalized spacial score (nSPS) is 14.5. The van der Waals surface area contributed by atoms with Crippen LogP contribution >= 0.6 is 0 Å². The van der Waals surface area contributed by atoms with E-state index in [-0.39, 0.29) is 17.3 Å². The van der Waals surface area contributed by atoms with Gasteiger partial charge in [-0.3, -0.25) is 4.79 Å². The summed E-state index contributed by atoms with van der Waals surface area (Å²) in [6, 6.07) is 13.3. The Kier molecular flexibility index (Phi) is 5.96. The van der Waals surface area contributed by atoms with Gasteiger partial charge in [0.05, 0.1) is 12.0 Å². The number of anilines is 1. The number of carbonyl (C=O) groups excluding carboxylic acids is 1. The van der Waals surface area contributed by atoms with Crippen molar-refractivity contribution in [2.24, 2.45) is 0 Å². The van der Waals surface area contributed by atoms with E-state index in [1.165, 1.54) is 21.2 Å². The maximum Gasteiger partial charge on any atom is 0.248 e. The van der Waals surface area contributed by atoms with Gasteiger partial charge in [0.2, 0.25) is 21.8 Å². The molecule has 0 spiro atoms. The van der Waals surface area contributed by atoms with Gasteiger partial charge in [0.1, 0.15) is 12.3 Å². The number of rotatable bonds is 7. The number of carbonyl (C=O) groups is 1. The van der Waals surface area contributed by atoms with E-state index in [1.54, 1.807) is 43.5 Å². The molecule has 1 N–H and O–H groups in total. The summed E-state index contributed by atoms with van der Waals surface area (Å²) in [5.74, 6) is 0.760. The van der Waals surface area contributed by atoms with E-state index in [4.69, 9.17) is 4.74 Å². The first kappa shape index (κ1) is 20.9. The highest BCUT2D eigenvalue weighted by Gasteiger charge is 2.26. The van der Waals surface area contributed by atoms with Gasteiger partial charge in [0.15, 0.2) is 0 Å². The van der Waals surface area contributed by atoms with Crippen LogP contribution < -0.4 is 10.1 Å². The molecule has 0 atom stereocenters. The fourth-order valence-electron chi connectivity index (χ4n) is 3.28. The second kappa shape index (κ2) is 8.82. The van der Waals surface area contributed by atoms with Gasteiger partial charge in [0.25, 0.3) is 0 Å². The highest BCUT2D eigenvalue weighted by molar-refractivity contribution is 7.89. The minimum atomic E-state index is -3.48. The van der Waals surface area contributed by atoms with Crippen LogP contribution in [0.5, 0.6) is 5.75 Å². The summed E-state index contributed by atoms with van der Waals surface area (Å²) in [5, 5.41) is 14.8. The van der Waals surface area contributed by atoms with Crippen LogP contribution in [-0.4, -0.2) is 59.0 Å². The zero-order valence-electron chi connectivity index (χ0n) is 16.9. The summed E-state index contributed by atoms with van der Waals surface area (Å²) in [6.45, 7) is 0.964. The van der Waals surface area contributed by atoms with Crippen LogP contribution in [0.2, 0.25) is 0 Å². The average Bonchev–Trinajstić information content (AvgIpc) is 3.47. The SMILES string of the molecule is COc1ccc(-c2nnn(CC(=O)Nc3ccc(S(=O)(=O)N4CCCC4)cc3)n2)cc1. The smallest absolute Gasteiger partial charge is 0.248 e. The number of ether oxygens (including phenoxy) is 1. The molecule has 1 saturated heterocycles. The van der Waals surface area contributed by atoms with E-state index in [1.807, 2.05) is 0 Å². The lowest BCUT2D eigenvalue weighted by Gasteiger charge is -2.15. The molecule has 0 saturated carbocycles. The number of sulfonamides is 1. The molecular formula is C20H22N6O4S. The Balaban J connectivity index is 1.37. The Morgan fingerprint density at radius 3 is 2.39 bits per heavy atom. The van der Waals surface area contributed by atoms with Crippen LogP contribution in [0.3, 0.4) is 0 Å². The van der Waals surface area contributed by atoms with E-state index in [0.29, 0.717) is 24.6 Å². The predicted octanol–water partition coefficient (Wildman–Crippen LogP) is 1.77. The van der Waals surface area contributed by atoms with E-state index >= 15 is 0 Å². The summed E-state index contributed by atoms with van der Waals surface area (Å²) < 4.78 is 31.7. The molecule has 0 radical (unpaired) electrons. The Bertz CT molecular complexity index is 1150. The van der Waals surface area contributed by atoms with Crippen LogP contribution in [0.15, 0.2) is 53.4 Å². The quantitative estimate of drug-likeness (QED) is 0.592. The molecule has 0 aliphatic carbocycles. The number of nitrogens with one attached hydrogen (secondary N) is 1. The number of hydrogen-bond acceptors (Lipinski definition) is 7. The van der Waals surface area contributed by atoms with Crippen molar-refractivity contribution in [3.8, 4) is 17.1 Å². The highest BCUT2D eigenvalue weighted by Crippen LogP contribution is 2.22. The monoisotopic (exact) mass is 442 g/mol. The molecule has 11 heteroatoms. The van der Waals surface area contributed by atoms with Gasteiger partial charge in [-0.2, -0.15) is 9.10 Å². The number of nitrogens with zero attached hydrogens (tertiary/aromatic N) is 5. The van der Waals surface area contributed by atoms with Crippen molar-refractivity contribution in [1.82, 2.24) is 24.5 Å². The van der Waals surface area contributed by atoms with Gasteiger partial charge >= 0.3 is 0 Å². The molecule has 0 unspecified atom stereocenters. The number of hydrogen-bond donors (Lipinski definition) is 1. The Morgan fingerprint density at radius 1 is 1.06 bits per heavy atom. The first-order valence-electron chi connectivity index (χ1n) is 9.78. The summed E-state index contributed by atoms with van der Waals surface area (Å²) in [6.07, 6.45) is 1.76. The largest absolute Gasteiger partial charge is 0.497 e. The number of benzene rings is 2. The molecule has 2 aromatic carbocycles. The fourth-order valence-corrected chi connectivity index (χ4v) is 4.80. The summed E-state index contributed by atoms with van der Waals surface area (Å²) in [5.41, 5.74) is 1.24. The number of tetrazole rings is 1. The molecule has 0 bridgehead atoms. The molecule has 1 amide bonds. The van der Waals surface area contributed by atoms with E-state index in [0.717, 1.165) is 24.2 Å². The minimum Gasteiger partial charge on any atom is -0.497 e. The summed E-state index contributed by atoms with van der Waals surface area (Å²) in [7, 11) is -1.89. The van der Waals surface area contributed by atoms with Crippen LogP contribution in [0.1, 0.15) is 12.8 Å². The second-order valence-electron chi connectivity index (χ2n) is 7.06. The van der Waals surface area contributed by atoms with E-state index < -0.39 is 10.0 Å². The Morgan fingerprint density at radius 2 is 1.74 bits per heavy atom. The molecule has 2 heterocycles. The van der Waals surface area contributed by atoms with Crippen molar-refractivity contribution in [1.29, 1.82) is 0 Å². The molecule has 1 aromatic heterocycles. The lowest BCUT2D eigenvalue weighted by molar-refractivity contribution is -0.117. The molecule has 4 rings (SSSR count). The van der Waals surface area contributed by atoms with Crippen LogP contribution in [-0.2, 0) is 21.4 Å². The van der Waals surface area contributed by atoms with Gasteiger partial charge in [-0.1, -0.05) is 0 Å². The predicted molar refractivity (Wildman–Crippen MR) is 113 cm³/mol. The Labute approximate surface area is 179 Å². The second-order valence-corrected chi connectivity index (χ2v) is 8.99. The average molecular weight is 443 g/mol. The van der Waals surface area contributed by atoms with Crippen molar-refractivity contribution in [3.63, 3.8) is 0 Å². The van der Waals surface area contributed by atoms with E-state index in [9.17, 15) is 13.2 Å². The minimum absolute atomic E-state index is 0.128. The number of methoxy groups -OCH3 is 1. The topological polar surface area (TPSA) is 119 Å². The molecule has 1 aliphatic heterocycles. The highest BCUT2D eigenvalue weighted by atomic mass is 32.2. The van der Waals surface area contributed by atoms with Crippen molar-refractivity contribution in [2.75, 3.05) is 25.5 Å². The zero-order chi connectivity index (χ0) is 21.8. The molecule has 162 valence electrons. The van der Waals surface area contributed by atoms with Crippen molar-refractivity contribution in [2.45, 2.75) is 24.3 Å². The van der Waals surface area contributed by atoms with Crippen LogP contribution in [0, 0.1) is 0 Å². The lowest BCUT2D eigenvalue weighted by atomic mass is 10.2. The molecule has 1 fully saturated rings. The summed E-state index contributed by atoms with van der Waals surface area (Å²) >= 11 is 0. The lowest BCUT2D eigenvalue weighted by Crippen LogP contribution is -2.27. The third-order valence-corrected chi connectivity index (χ3v) is 6.84. The standard InChI is InChI=1S/C20H22N6O4S/c1-30-17-8-4-15(5-9-17)20-22-24-26(23-20)14-19(27)21-16-6-10-18(11-7-16)31(28,29)25-12-2-3-13-25/h4-11H,2-3,12-14H2,1H3,(H,21,27). The maximum absolute atomic E-state index is 12.6. The zero-order valence-corrected chi connectivity index (χ0v) is 17.7. The van der Waals surface area contributed by atoms with E-state index in [2.05, 4.69) is 20.7 Å². The maximum atomic E-state index is 12.6. The first-order chi connectivity index (χ1) is 15.0. The van der Waals surface area contributed by atoms with Gasteiger partial charge in [-0.25, -0.2) is 8.42 Å². The number of amides is 1. The third-order valence-electron chi connectivity index (χ3n) is 4.93. The molecule has 1 aliphatic rings. The fraction of sp³-hybridized carbons (Fsp3) is 0.300. The van der Waals surface area contributed by atoms with Crippen molar-refractivity contribution < 1.29 is 17.9 Å². The van der Waals surface area contributed by atoms with Gasteiger partial charge in [0, 0.05) is 24.3 Å². The Hall–Kier alpha value is -3.31. The first-order valence-corrected chi connectivity index (χ1v) is 11.2. The molecule has 31 heavy (non-hydrogen) atoms. The van der Waals surface area contributed by atoms with Crippen molar-refractivity contribution in [3.05, 3.63) is 48.5 Å². The molecular weight excluding hydrogens is 420 g/mol. The third kappa shape index (κ3) is 4.72. The van der Waals surface area contributed by atoms with Gasteiger partial charge in [-0.05, 0) is 66.6 Å². The van der Waals surface area contributed by atoms with Crippen molar-refractivity contribution >= 4 is 21.6 Å². The molecule has 10 nitrogen and oxygen atoms in total. The molecule has 3 aromatic rings. The van der Waals surface area contributed by atoms with Crippen LogP contribution in [0.25, 0.3) is 11.4 Å².